The van der Waals surface area contributed by atoms with Crippen molar-refractivity contribution < 1.29 is 9.53 Å². The number of hydrogen-bond acceptors (Lipinski definition) is 3. The van der Waals surface area contributed by atoms with Crippen LogP contribution in [0.1, 0.15) is 27.2 Å². The summed E-state index contributed by atoms with van der Waals surface area (Å²) in [5, 5.41) is 0. The van der Waals surface area contributed by atoms with Gasteiger partial charge in [0.15, 0.2) is 0 Å². The predicted molar refractivity (Wildman–Crippen MR) is 46.9 cm³/mol. The monoisotopic (exact) mass is 171 g/mol. The van der Waals surface area contributed by atoms with Gasteiger partial charge in [-0.25, -0.2) is 0 Å². The van der Waals surface area contributed by atoms with E-state index in [1.54, 1.807) is 0 Å². The van der Waals surface area contributed by atoms with Crippen molar-refractivity contribution >= 4 is 5.78 Å². The third kappa shape index (κ3) is 3.32. The number of likely N-dealkylation sites (tertiary alicyclic amines) is 1. The van der Waals surface area contributed by atoms with Gasteiger partial charge in [0.2, 0.25) is 0 Å². The van der Waals surface area contributed by atoms with Gasteiger partial charge in [0.1, 0.15) is 12.5 Å². The second-order valence-electron chi connectivity index (χ2n) is 4.23. The number of ketones is 1. The molecule has 0 N–H and O–H groups in total. The molecule has 1 rings (SSSR count). The van der Waals surface area contributed by atoms with E-state index in [1.165, 1.54) is 0 Å². The molecule has 12 heavy (non-hydrogen) atoms. The van der Waals surface area contributed by atoms with Crippen molar-refractivity contribution in [3.05, 3.63) is 0 Å². The lowest BCUT2D eigenvalue weighted by atomic mass is 10.2. The number of rotatable bonds is 2. The maximum Gasteiger partial charge on any atom is 0.148 e. The zero-order valence-corrected chi connectivity index (χ0v) is 8.09. The fourth-order valence-electron chi connectivity index (χ4n) is 1.09. The summed E-state index contributed by atoms with van der Waals surface area (Å²) in [6.07, 6.45) is 0.688. The number of carbonyl (C=O) groups is 1. The van der Waals surface area contributed by atoms with Crippen LogP contribution in [0.5, 0.6) is 0 Å². The molecule has 0 aromatic rings. The molecule has 1 aliphatic rings. The van der Waals surface area contributed by atoms with E-state index in [0.717, 1.165) is 6.54 Å². The third-order valence-electron chi connectivity index (χ3n) is 1.79. The Morgan fingerprint density at radius 2 is 2.17 bits per heavy atom. The van der Waals surface area contributed by atoms with Gasteiger partial charge < -0.3 is 4.74 Å². The van der Waals surface area contributed by atoms with E-state index >= 15 is 0 Å². The van der Waals surface area contributed by atoms with Gasteiger partial charge in [-0.1, -0.05) is 0 Å². The Balaban J connectivity index is 2.20. The molecule has 0 spiro atoms. The fraction of sp³-hybridized carbons (Fsp3) is 0.889. The molecule has 3 heteroatoms. The van der Waals surface area contributed by atoms with Crippen LogP contribution in [0.25, 0.3) is 0 Å². The molecule has 0 atom stereocenters. The van der Waals surface area contributed by atoms with Gasteiger partial charge in [0, 0.05) is 13.0 Å². The fourth-order valence-corrected chi connectivity index (χ4v) is 1.09. The molecule has 1 heterocycles. The highest BCUT2D eigenvalue weighted by molar-refractivity contribution is 5.82. The van der Waals surface area contributed by atoms with Crippen LogP contribution in [0.2, 0.25) is 0 Å². The lowest BCUT2D eigenvalue weighted by molar-refractivity contribution is -0.118. The normalized spacial score (nSPS) is 20.4. The molecule has 1 fully saturated rings. The Morgan fingerprint density at radius 3 is 2.58 bits per heavy atom. The second kappa shape index (κ2) is 3.54. The Hall–Kier alpha value is -0.410. The third-order valence-corrected chi connectivity index (χ3v) is 1.79. The molecule has 0 unspecified atom stereocenters. The largest absolute Gasteiger partial charge is 0.360 e. The number of nitrogens with zero attached hydrogens (tertiary/aromatic N) is 1. The van der Waals surface area contributed by atoms with Crippen LogP contribution < -0.4 is 0 Å². The van der Waals surface area contributed by atoms with Gasteiger partial charge in [-0.05, 0) is 20.8 Å². The van der Waals surface area contributed by atoms with Gasteiger partial charge in [-0.15, -0.1) is 0 Å². The van der Waals surface area contributed by atoms with Gasteiger partial charge in [0.25, 0.3) is 0 Å². The molecule has 0 saturated carbocycles. The van der Waals surface area contributed by atoms with Gasteiger partial charge in [0.05, 0.1) is 12.1 Å². The van der Waals surface area contributed by atoms with Crippen molar-refractivity contribution in [2.24, 2.45) is 0 Å². The summed E-state index contributed by atoms with van der Waals surface area (Å²) in [5.41, 5.74) is -0.106. The Morgan fingerprint density at radius 1 is 1.50 bits per heavy atom. The summed E-state index contributed by atoms with van der Waals surface area (Å²) in [5.74, 6) is 0.326. The molecule has 0 amide bonds. The minimum Gasteiger partial charge on any atom is -0.360 e. The first kappa shape index (κ1) is 9.68. The molecule has 1 saturated heterocycles. The van der Waals surface area contributed by atoms with Crippen molar-refractivity contribution in [2.45, 2.75) is 32.8 Å². The minimum absolute atomic E-state index is 0.106. The van der Waals surface area contributed by atoms with Crippen molar-refractivity contribution in [1.29, 1.82) is 0 Å². The molecule has 3 nitrogen and oxygen atoms in total. The van der Waals surface area contributed by atoms with E-state index in [4.69, 9.17) is 4.74 Å². The maximum atomic E-state index is 10.9. The first-order valence-electron chi connectivity index (χ1n) is 4.35. The smallest absolute Gasteiger partial charge is 0.148 e. The first-order valence-corrected chi connectivity index (χ1v) is 4.35. The quantitative estimate of drug-likeness (QED) is 0.621. The standard InChI is InChI=1S/C9H17NO2/c1-9(2,3)12-7-10-5-4-8(11)6-10/h4-7H2,1-3H3. The number of Topliss-reactive ketones (excluding diaryl/α,β-unsaturated/α-hetero) is 1. The minimum atomic E-state index is -0.106. The van der Waals surface area contributed by atoms with Crippen LogP contribution in [0.15, 0.2) is 0 Å². The van der Waals surface area contributed by atoms with Crippen molar-refractivity contribution in [3.63, 3.8) is 0 Å². The lowest BCUT2D eigenvalue weighted by Gasteiger charge is -2.23. The van der Waals surface area contributed by atoms with Crippen LogP contribution >= 0.6 is 0 Å². The summed E-state index contributed by atoms with van der Waals surface area (Å²) in [7, 11) is 0. The Labute approximate surface area is 73.7 Å². The zero-order chi connectivity index (χ0) is 9.19. The van der Waals surface area contributed by atoms with E-state index in [2.05, 4.69) is 0 Å². The number of carbonyl (C=O) groups excluding carboxylic acids is 1. The van der Waals surface area contributed by atoms with Crippen LogP contribution in [0, 0.1) is 0 Å². The summed E-state index contributed by atoms with van der Waals surface area (Å²) in [4.78, 5) is 12.9. The maximum absolute atomic E-state index is 10.9. The SMILES string of the molecule is CC(C)(C)OCN1CCC(=O)C1. The van der Waals surface area contributed by atoms with Crippen molar-refractivity contribution in [1.82, 2.24) is 4.90 Å². The van der Waals surface area contributed by atoms with Crippen molar-refractivity contribution in [2.75, 3.05) is 19.8 Å². The average molecular weight is 171 g/mol. The molecule has 0 bridgehead atoms. The first-order chi connectivity index (χ1) is 5.47. The molecule has 0 aromatic carbocycles. The summed E-state index contributed by atoms with van der Waals surface area (Å²) in [6.45, 7) is 8.06. The highest BCUT2D eigenvalue weighted by Crippen LogP contribution is 2.10. The molecule has 70 valence electrons. The Kier molecular flexibility index (Phi) is 2.85. The van der Waals surface area contributed by atoms with E-state index in [9.17, 15) is 4.79 Å². The molecule has 0 radical (unpaired) electrons. The molecule has 1 aliphatic heterocycles. The highest BCUT2D eigenvalue weighted by Gasteiger charge is 2.20. The van der Waals surface area contributed by atoms with Crippen LogP contribution in [0.4, 0.5) is 0 Å². The molecule has 0 aromatic heterocycles. The molecular formula is C9H17NO2. The lowest BCUT2D eigenvalue weighted by Crippen LogP contribution is -2.30. The summed E-state index contributed by atoms with van der Waals surface area (Å²) < 4.78 is 5.54. The van der Waals surface area contributed by atoms with E-state index in [1.807, 2.05) is 25.7 Å². The van der Waals surface area contributed by atoms with Crippen LogP contribution in [-0.2, 0) is 9.53 Å². The summed E-state index contributed by atoms with van der Waals surface area (Å²) >= 11 is 0. The second-order valence-corrected chi connectivity index (χ2v) is 4.23. The van der Waals surface area contributed by atoms with E-state index in [-0.39, 0.29) is 5.60 Å². The van der Waals surface area contributed by atoms with E-state index < -0.39 is 0 Å². The molecule has 0 aliphatic carbocycles. The van der Waals surface area contributed by atoms with Gasteiger partial charge in [-0.2, -0.15) is 0 Å². The topological polar surface area (TPSA) is 29.5 Å². The van der Waals surface area contributed by atoms with Gasteiger partial charge >= 0.3 is 0 Å². The van der Waals surface area contributed by atoms with Crippen LogP contribution in [-0.4, -0.2) is 36.1 Å². The molecular weight excluding hydrogens is 154 g/mol. The number of ether oxygens (including phenoxy) is 1. The zero-order valence-electron chi connectivity index (χ0n) is 8.09. The predicted octanol–water partition coefficient (Wildman–Crippen LogP) is 1.03. The van der Waals surface area contributed by atoms with Crippen LogP contribution in [0.3, 0.4) is 0 Å². The Bertz CT molecular complexity index is 172. The summed E-state index contributed by atoms with van der Waals surface area (Å²) in [6, 6.07) is 0. The van der Waals surface area contributed by atoms with E-state index in [0.29, 0.717) is 25.5 Å². The van der Waals surface area contributed by atoms with Gasteiger partial charge in [-0.3, -0.25) is 9.69 Å². The number of hydrogen-bond donors (Lipinski definition) is 0. The highest BCUT2D eigenvalue weighted by atomic mass is 16.5. The average Bonchev–Trinajstić information content (AvgIpc) is 2.30. The van der Waals surface area contributed by atoms with Crippen molar-refractivity contribution in [3.8, 4) is 0 Å².